The van der Waals surface area contributed by atoms with Gasteiger partial charge in [-0.2, -0.15) is 10.2 Å². The number of oxazole rings is 1. The third kappa shape index (κ3) is 3.74. The standard InChI is InChI=1S/C22H23N3O3/c1-15-6-7-16(2)20(12-15)26-14-17-8-9-19(27-17)21-24-18(13-23)22(28-21)25-10-4-3-5-11-25/h6-9,12H,3-5,10-11,14H2,1-2H3. The molecular formula is C22H23N3O3. The van der Waals surface area contributed by atoms with E-state index in [1.54, 1.807) is 6.07 Å². The molecule has 1 fully saturated rings. The zero-order valence-corrected chi connectivity index (χ0v) is 16.2. The van der Waals surface area contributed by atoms with Gasteiger partial charge in [-0.15, -0.1) is 0 Å². The lowest BCUT2D eigenvalue weighted by molar-refractivity contribution is 0.269. The minimum Gasteiger partial charge on any atom is -0.485 e. The molecule has 1 aromatic carbocycles. The van der Waals surface area contributed by atoms with Crippen molar-refractivity contribution in [1.29, 1.82) is 5.26 Å². The van der Waals surface area contributed by atoms with Crippen molar-refractivity contribution in [3.05, 3.63) is 52.9 Å². The van der Waals surface area contributed by atoms with E-state index in [1.165, 1.54) is 6.42 Å². The highest BCUT2D eigenvalue weighted by Gasteiger charge is 2.23. The number of hydrogen-bond acceptors (Lipinski definition) is 6. The van der Waals surface area contributed by atoms with Crippen molar-refractivity contribution in [2.24, 2.45) is 0 Å². The molecule has 0 radical (unpaired) electrons. The maximum absolute atomic E-state index is 9.42. The van der Waals surface area contributed by atoms with Gasteiger partial charge >= 0.3 is 0 Å². The quantitative estimate of drug-likeness (QED) is 0.623. The number of rotatable bonds is 5. The highest BCUT2D eigenvalue weighted by molar-refractivity contribution is 5.56. The molecule has 2 aromatic heterocycles. The molecule has 0 amide bonds. The highest BCUT2D eigenvalue weighted by Crippen LogP contribution is 2.31. The van der Waals surface area contributed by atoms with E-state index in [-0.39, 0.29) is 0 Å². The number of aromatic nitrogens is 1. The molecule has 6 nitrogen and oxygen atoms in total. The van der Waals surface area contributed by atoms with Crippen molar-refractivity contribution < 1.29 is 13.6 Å². The lowest BCUT2D eigenvalue weighted by atomic mass is 10.1. The number of ether oxygens (including phenoxy) is 1. The van der Waals surface area contributed by atoms with Crippen LogP contribution in [0.2, 0.25) is 0 Å². The van der Waals surface area contributed by atoms with E-state index in [0.29, 0.717) is 35.6 Å². The van der Waals surface area contributed by atoms with Gasteiger partial charge in [-0.05, 0) is 62.4 Å². The number of benzene rings is 1. The molecule has 0 bridgehead atoms. The number of piperidine rings is 1. The van der Waals surface area contributed by atoms with Gasteiger partial charge in [-0.3, -0.25) is 0 Å². The van der Waals surface area contributed by atoms with Crippen LogP contribution >= 0.6 is 0 Å². The van der Waals surface area contributed by atoms with E-state index >= 15 is 0 Å². The SMILES string of the molecule is Cc1ccc(C)c(OCc2ccc(-c3nc(C#N)c(N4CCCCC4)o3)o2)c1. The Balaban J connectivity index is 1.50. The lowest BCUT2D eigenvalue weighted by Gasteiger charge is -2.25. The molecule has 6 heteroatoms. The first-order valence-corrected chi connectivity index (χ1v) is 9.59. The van der Waals surface area contributed by atoms with Gasteiger partial charge in [-0.25, -0.2) is 0 Å². The fourth-order valence-electron chi connectivity index (χ4n) is 3.38. The van der Waals surface area contributed by atoms with Crippen LogP contribution in [0.25, 0.3) is 11.7 Å². The van der Waals surface area contributed by atoms with Crippen LogP contribution < -0.4 is 9.64 Å². The largest absolute Gasteiger partial charge is 0.485 e. The number of nitriles is 1. The van der Waals surface area contributed by atoms with Crippen LogP contribution in [-0.4, -0.2) is 18.1 Å². The van der Waals surface area contributed by atoms with E-state index in [2.05, 4.69) is 22.0 Å². The maximum Gasteiger partial charge on any atom is 0.266 e. The van der Waals surface area contributed by atoms with E-state index in [1.807, 2.05) is 32.0 Å². The van der Waals surface area contributed by atoms with Crippen molar-refractivity contribution in [1.82, 2.24) is 4.98 Å². The molecule has 3 aromatic rings. The van der Waals surface area contributed by atoms with Gasteiger partial charge in [0.05, 0.1) is 0 Å². The molecule has 0 atom stereocenters. The summed E-state index contributed by atoms with van der Waals surface area (Å²) < 4.78 is 17.6. The first-order chi connectivity index (χ1) is 13.6. The van der Waals surface area contributed by atoms with Gasteiger partial charge in [0.25, 0.3) is 5.89 Å². The third-order valence-corrected chi connectivity index (χ3v) is 4.94. The summed E-state index contributed by atoms with van der Waals surface area (Å²) in [5.41, 5.74) is 2.53. The van der Waals surface area contributed by atoms with Crippen molar-refractivity contribution >= 4 is 5.88 Å². The second kappa shape index (κ2) is 7.81. The topological polar surface area (TPSA) is 75.4 Å². The minimum absolute atomic E-state index is 0.307. The Hall–Kier alpha value is -3.20. The number of nitrogens with zero attached hydrogens (tertiary/aromatic N) is 3. The molecule has 4 rings (SSSR count). The number of aryl methyl sites for hydroxylation is 2. The summed E-state index contributed by atoms with van der Waals surface area (Å²) in [5, 5.41) is 9.42. The van der Waals surface area contributed by atoms with E-state index in [9.17, 15) is 5.26 Å². The molecule has 28 heavy (non-hydrogen) atoms. The summed E-state index contributed by atoms with van der Waals surface area (Å²) in [6, 6.07) is 11.9. The molecule has 0 saturated carbocycles. The van der Waals surface area contributed by atoms with E-state index in [4.69, 9.17) is 13.6 Å². The highest BCUT2D eigenvalue weighted by atomic mass is 16.5. The van der Waals surface area contributed by atoms with Crippen molar-refractivity contribution in [2.75, 3.05) is 18.0 Å². The Labute approximate surface area is 164 Å². The van der Waals surface area contributed by atoms with Crippen LogP contribution in [0.1, 0.15) is 41.8 Å². The fraction of sp³-hybridized carbons (Fsp3) is 0.364. The molecule has 1 saturated heterocycles. The van der Waals surface area contributed by atoms with Crippen LogP contribution in [0.4, 0.5) is 5.88 Å². The molecular weight excluding hydrogens is 354 g/mol. The first-order valence-electron chi connectivity index (χ1n) is 9.59. The van der Waals surface area contributed by atoms with Crippen LogP contribution in [-0.2, 0) is 6.61 Å². The molecule has 144 valence electrons. The van der Waals surface area contributed by atoms with Crippen molar-refractivity contribution in [2.45, 2.75) is 39.7 Å². The molecule has 3 heterocycles. The van der Waals surface area contributed by atoms with Crippen LogP contribution in [0.5, 0.6) is 5.75 Å². The summed E-state index contributed by atoms with van der Waals surface area (Å²) in [7, 11) is 0. The Bertz CT molecular complexity index is 1010. The monoisotopic (exact) mass is 377 g/mol. The molecule has 1 aliphatic heterocycles. The minimum atomic E-state index is 0.307. The van der Waals surface area contributed by atoms with Gasteiger partial charge in [-0.1, -0.05) is 12.1 Å². The lowest BCUT2D eigenvalue weighted by Crippen LogP contribution is -2.29. The Kier molecular flexibility index (Phi) is 5.07. The summed E-state index contributed by atoms with van der Waals surface area (Å²) in [6.45, 7) is 6.13. The summed E-state index contributed by atoms with van der Waals surface area (Å²) in [4.78, 5) is 6.42. The Morgan fingerprint density at radius 2 is 1.93 bits per heavy atom. The predicted molar refractivity (Wildman–Crippen MR) is 105 cm³/mol. The van der Waals surface area contributed by atoms with Gasteiger partial charge < -0.3 is 18.5 Å². The van der Waals surface area contributed by atoms with Crippen LogP contribution in [0.3, 0.4) is 0 Å². The van der Waals surface area contributed by atoms with Crippen LogP contribution in [0, 0.1) is 25.2 Å². The van der Waals surface area contributed by atoms with Gasteiger partial charge in [0, 0.05) is 13.1 Å². The summed E-state index contributed by atoms with van der Waals surface area (Å²) in [5.74, 6) is 2.89. The first kappa shape index (κ1) is 18.2. The molecule has 0 aliphatic carbocycles. The van der Waals surface area contributed by atoms with Gasteiger partial charge in [0.15, 0.2) is 5.76 Å². The van der Waals surface area contributed by atoms with E-state index in [0.717, 1.165) is 42.8 Å². The Morgan fingerprint density at radius 3 is 2.71 bits per heavy atom. The zero-order valence-electron chi connectivity index (χ0n) is 16.2. The second-order valence-corrected chi connectivity index (χ2v) is 7.16. The average Bonchev–Trinajstić information content (AvgIpc) is 3.36. The number of hydrogen-bond donors (Lipinski definition) is 0. The van der Waals surface area contributed by atoms with E-state index < -0.39 is 0 Å². The third-order valence-electron chi connectivity index (χ3n) is 4.94. The molecule has 0 unspecified atom stereocenters. The normalized spacial score (nSPS) is 14.1. The van der Waals surface area contributed by atoms with Gasteiger partial charge in [0.2, 0.25) is 11.6 Å². The number of anilines is 1. The summed E-state index contributed by atoms with van der Waals surface area (Å²) in [6.07, 6.45) is 3.41. The van der Waals surface area contributed by atoms with Crippen molar-refractivity contribution in [3.63, 3.8) is 0 Å². The smallest absolute Gasteiger partial charge is 0.266 e. The predicted octanol–water partition coefficient (Wildman–Crippen LogP) is 4.99. The number of furan rings is 1. The fourth-order valence-corrected chi connectivity index (χ4v) is 3.38. The second-order valence-electron chi connectivity index (χ2n) is 7.16. The molecule has 0 spiro atoms. The molecule has 0 N–H and O–H groups in total. The molecule has 1 aliphatic rings. The maximum atomic E-state index is 9.42. The Morgan fingerprint density at radius 1 is 1.11 bits per heavy atom. The zero-order chi connectivity index (χ0) is 19.5. The van der Waals surface area contributed by atoms with Crippen LogP contribution in [0.15, 0.2) is 39.2 Å². The average molecular weight is 377 g/mol. The van der Waals surface area contributed by atoms with Crippen molar-refractivity contribution in [3.8, 4) is 23.5 Å². The summed E-state index contributed by atoms with van der Waals surface area (Å²) >= 11 is 0. The van der Waals surface area contributed by atoms with Gasteiger partial charge in [0.1, 0.15) is 24.2 Å².